The Bertz CT molecular complexity index is 1080. The number of carbonyl (C=O) groups is 1. The molecule has 1 amide bonds. The number of rotatable bonds is 7. The highest BCUT2D eigenvalue weighted by atomic mass is 16.5. The second-order valence-electron chi connectivity index (χ2n) is 7.29. The first kappa shape index (κ1) is 19.2. The van der Waals surface area contributed by atoms with E-state index in [1.54, 1.807) is 29.2 Å². The molecule has 0 spiro atoms. The average molecular weight is 391 g/mol. The second-order valence-corrected chi connectivity index (χ2v) is 7.29. The molecule has 0 N–H and O–H groups in total. The number of unbranched alkanes of at least 4 members (excludes halogenated alkanes) is 2. The van der Waals surface area contributed by atoms with Crippen molar-refractivity contribution in [3.8, 4) is 5.75 Å². The zero-order chi connectivity index (χ0) is 20.4. The highest BCUT2D eigenvalue weighted by Crippen LogP contribution is 2.38. The fourth-order valence-corrected chi connectivity index (χ4v) is 3.93. The lowest BCUT2D eigenvalue weighted by atomic mass is 9.98. The molecule has 3 aromatic rings. The van der Waals surface area contributed by atoms with Crippen molar-refractivity contribution >= 4 is 16.9 Å². The zero-order valence-corrected chi connectivity index (χ0v) is 16.8. The van der Waals surface area contributed by atoms with Crippen molar-refractivity contribution in [1.82, 2.24) is 4.90 Å². The van der Waals surface area contributed by atoms with Crippen LogP contribution in [0.3, 0.4) is 0 Å². The summed E-state index contributed by atoms with van der Waals surface area (Å²) in [5.41, 5.74) is 1.60. The third kappa shape index (κ3) is 3.41. The largest absolute Gasteiger partial charge is 0.494 e. The molecule has 1 aromatic heterocycles. The van der Waals surface area contributed by atoms with Crippen molar-refractivity contribution in [2.75, 3.05) is 13.2 Å². The lowest BCUT2D eigenvalue weighted by molar-refractivity contribution is 0.0738. The lowest BCUT2D eigenvalue weighted by Gasteiger charge is -2.23. The van der Waals surface area contributed by atoms with Crippen molar-refractivity contribution in [1.29, 1.82) is 0 Å². The van der Waals surface area contributed by atoms with Crippen LogP contribution in [0.4, 0.5) is 0 Å². The van der Waals surface area contributed by atoms with Gasteiger partial charge in [-0.2, -0.15) is 0 Å². The van der Waals surface area contributed by atoms with Gasteiger partial charge in [0.15, 0.2) is 5.43 Å². The van der Waals surface area contributed by atoms with Gasteiger partial charge in [0.05, 0.1) is 23.6 Å². The fraction of sp³-hybridized carbons (Fsp3) is 0.333. The van der Waals surface area contributed by atoms with Crippen molar-refractivity contribution in [3.05, 3.63) is 75.6 Å². The standard InChI is InChI=1S/C24H25NO4/c1-3-5-8-15-28-17-13-11-16(12-14-17)21-20-22(26)18-9-6-7-10-19(18)29-23(20)24(27)25(21)4-2/h6-7,9-14,21H,3-5,8,15H2,1-2H3/t21-/m1/s1. The average Bonchev–Trinajstić information content (AvgIpc) is 3.04. The molecule has 1 aliphatic rings. The number of benzene rings is 2. The van der Waals surface area contributed by atoms with Crippen molar-refractivity contribution < 1.29 is 13.9 Å². The van der Waals surface area contributed by atoms with E-state index in [0.29, 0.717) is 29.7 Å². The highest BCUT2D eigenvalue weighted by Gasteiger charge is 2.41. The molecule has 5 heteroatoms. The van der Waals surface area contributed by atoms with E-state index in [4.69, 9.17) is 9.15 Å². The van der Waals surface area contributed by atoms with E-state index in [0.717, 1.165) is 30.6 Å². The van der Waals surface area contributed by atoms with Crippen LogP contribution < -0.4 is 10.2 Å². The number of para-hydroxylation sites is 1. The van der Waals surface area contributed by atoms with Gasteiger partial charge in [-0.25, -0.2) is 0 Å². The van der Waals surface area contributed by atoms with Crippen LogP contribution in [0.2, 0.25) is 0 Å². The van der Waals surface area contributed by atoms with E-state index in [2.05, 4.69) is 6.92 Å². The number of ether oxygens (including phenoxy) is 1. The molecule has 1 aliphatic heterocycles. The SMILES string of the molecule is CCCCCOc1ccc([C@@H]2c3c(oc4ccccc4c3=O)C(=O)N2CC)cc1. The third-order valence-corrected chi connectivity index (χ3v) is 5.43. The number of fused-ring (bicyclic) bond motifs is 2. The third-order valence-electron chi connectivity index (χ3n) is 5.43. The molecule has 0 aliphatic carbocycles. The van der Waals surface area contributed by atoms with Crippen LogP contribution in [0.15, 0.2) is 57.7 Å². The summed E-state index contributed by atoms with van der Waals surface area (Å²) in [7, 11) is 0. The van der Waals surface area contributed by atoms with Gasteiger partial charge in [0.25, 0.3) is 5.91 Å². The van der Waals surface area contributed by atoms with E-state index in [1.165, 1.54) is 0 Å². The molecule has 5 nitrogen and oxygen atoms in total. The van der Waals surface area contributed by atoms with Crippen LogP contribution in [-0.4, -0.2) is 24.0 Å². The summed E-state index contributed by atoms with van der Waals surface area (Å²) < 4.78 is 11.7. The quantitative estimate of drug-likeness (QED) is 0.536. The molecule has 1 atom stereocenters. The Labute approximate surface area is 169 Å². The van der Waals surface area contributed by atoms with E-state index < -0.39 is 6.04 Å². The minimum Gasteiger partial charge on any atom is -0.494 e. The van der Waals surface area contributed by atoms with Gasteiger partial charge in [0.2, 0.25) is 5.76 Å². The molecule has 0 radical (unpaired) electrons. The number of nitrogens with zero attached hydrogens (tertiary/aromatic N) is 1. The fourth-order valence-electron chi connectivity index (χ4n) is 3.93. The van der Waals surface area contributed by atoms with Gasteiger partial charge in [-0.05, 0) is 43.2 Å². The van der Waals surface area contributed by atoms with Gasteiger partial charge in [-0.3, -0.25) is 9.59 Å². The number of hydrogen-bond acceptors (Lipinski definition) is 4. The molecule has 4 rings (SSSR count). The van der Waals surface area contributed by atoms with Gasteiger partial charge in [0, 0.05) is 6.54 Å². The molecular weight excluding hydrogens is 366 g/mol. The molecule has 0 unspecified atom stereocenters. The van der Waals surface area contributed by atoms with Gasteiger partial charge >= 0.3 is 0 Å². The Balaban J connectivity index is 1.72. The summed E-state index contributed by atoms with van der Waals surface area (Å²) in [6.45, 7) is 5.24. The smallest absolute Gasteiger partial charge is 0.290 e. The zero-order valence-electron chi connectivity index (χ0n) is 16.8. The molecule has 2 aromatic carbocycles. The summed E-state index contributed by atoms with van der Waals surface area (Å²) in [4.78, 5) is 27.8. The summed E-state index contributed by atoms with van der Waals surface area (Å²) in [5.74, 6) is 0.707. The Kier molecular flexibility index (Phi) is 5.38. The summed E-state index contributed by atoms with van der Waals surface area (Å²) in [5, 5.41) is 0.498. The van der Waals surface area contributed by atoms with Crippen molar-refractivity contribution in [2.24, 2.45) is 0 Å². The van der Waals surface area contributed by atoms with Crippen LogP contribution in [0, 0.1) is 0 Å². The highest BCUT2D eigenvalue weighted by molar-refractivity contribution is 5.99. The predicted octanol–water partition coefficient (Wildman–Crippen LogP) is 4.93. The van der Waals surface area contributed by atoms with Crippen LogP contribution in [-0.2, 0) is 0 Å². The van der Waals surface area contributed by atoms with Gasteiger partial charge in [-0.1, -0.05) is 44.0 Å². The topological polar surface area (TPSA) is 59.8 Å². The second kappa shape index (κ2) is 8.11. The van der Waals surface area contributed by atoms with E-state index >= 15 is 0 Å². The summed E-state index contributed by atoms with van der Waals surface area (Å²) in [6.07, 6.45) is 3.33. The molecular formula is C24H25NO4. The normalized spacial score (nSPS) is 15.7. The summed E-state index contributed by atoms with van der Waals surface area (Å²) in [6, 6.07) is 14.3. The molecule has 0 saturated heterocycles. The minimum absolute atomic E-state index is 0.143. The van der Waals surface area contributed by atoms with Crippen LogP contribution >= 0.6 is 0 Å². The van der Waals surface area contributed by atoms with Crippen molar-refractivity contribution in [2.45, 2.75) is 39.2 Å². The molecule has 150 valence electrons. The van der Waals surface area contributed by atoms with E-state index in [-0.39, 0.29) is 17.1 Å². The first-order valence-corrected chi connectivity index (χ1v) is 10.2. The molecule has 0 fully saturated rings. The Morgan fingerprint density at radius 2 is 1.76 bits per heavy atom. The minimum atomic E-state index is -0.447. The Hall–Kier alpha value is -3.08. The van der Waals surface area contributed by atoms with Gasteiger partial charge in [0.1, 0.15) is 11.3 Å². The Morgan fingerprint density at radius 1 is 1.00 bits per heavy atom. The maximum absolute atomic E-state index is 13.2. The lowest BCUT2D eigenvalue weighted by Crippen LogP contribution is -2.29. The van der Waals surface area contributed by atoms with Crippen LogP contribution in [0.25, 0.3) is 11.0 Å². The number of amides is 1. The first-order chi connectivity index (χ1) is 14.2. The maximum atomic E-state index is 13.2. The molecule has 29 heavy (non-hydrogen) atoms. The maximum Gasteiger partial charge on any atom is 0.290 e. The number of hydrogen-bond donors (Lipinski definition) is 0. The van der Waals surface area contributed by atoms with Gasteiger partial charge in [-0.15, -0.1) is 0 Å². The Morgan fingerprint density at radius 3 is 2.48 bits per heavy atom. The van der Waals surface area contributed by atoms with E-state index in [1.807, 2.05) is 31.2 Å². The van der Waals surface area contributed by atoms with Crippen molar-refractivity contribution in [3.63, 3.8) is 0 Å². The van der Waals surface area contributed by atoms with E-state index in [9.17, 15) is 9.59 Å². The molecule has 0 saturated carbocycles. The summed E-state index contributed by atoms with van der Waals surface area (Å²) >= 11 is 0. The molecule has 2 heterocycles. The monoisotopic (exact) mass is 391 g/mol. The number of carbonyl (C=O) groups excluding carboxylic acids is 1. The van der Waals surface area contributed by atoms with Gasteiger partial charge < -0.3 is 14.1 Å². The molecule has 0 bridgehead atoms. The first-order valence-electron chi connectivity index (χ1n) is 10.2. The van der Waals surface area contributed by atoms with Crippen LogP contribution in [0.5, 0.6) is 5.75 Å². The predicted molar refractivity (Wildman–Crippen MR) is 112 cm³/mol. The van der Waals surface area contributed by atoms with Crippen LogP contribution in [0.1, 0.15) is 60.8 Å².